The molecule has 1 aromatic rings. The number of hydrogen-bond acceptors (Lipinski definition) is 3. The zero-order chi connectivity index (χ0) is 12.5. The molecule has 0 bridgehead atoms. The number of nitrogens with zero attached hydrogens (tertiary/aromatic N) is 1. The van der Waals surface area contributed by atoms with Gasteiger partial charge >= 0.3 is 0 Å². The Morgan fingerprint density at radius 3 is 2.59 bits per heavy atom. The van der Waals surface area contributed by atoms with E-state index in [0.29, 0.717) is 0 Å². The van der Waals surface area contributed by atoms with E-state index in [1.54, 1.807) is 6.92 Å². The first-order valence-corrected chi connectivity index (χ1v) is 5.75. The second-order valence-corrected chi connectivity index (χ2v) is 4.59. The minimum absolute atomic E-state index is 0.0172. The lowest BCUT2D eigenvalue weighted by atomic mass is 10.2. The molecule has 1 heterocycles. The summed E-state index contributed by atoms with van der Waals surface area (Å²) in [7, 11) is 0. The zero-order valence-electron chi connectivity index (χ0n) is 10.3. The molecule has 0 saturated carbocycles. The topological polar surface area (TPSA) is 38.8 Å². The number of hydroxylamine groups is 1. The van der Waals surface area contributed by atoms with Crippen LogP contribution in [0.15, 0.2) is 30.3 Å². The van der Waals surface area contributed by atoms with Gasteiger partial charge in [-0.15, -0.1) is 0 Å². The summed E-state index contributed by atoms with van der Waals surface area (Å²) in [5, 5.41) is 1.31. The Kier molecular flexibility index (Phi) is 3.17. The van der Waals surface area contributed by atoms with E-state index in [2.05, 4.69) is 0 Å². The van der Waals surface area contributed by atoms with Crippen LogP contribution in [0.1, 0.15) is 27.2 Å². The van der Waals surface area contributed by atoms with Crippen molar-refractivity contribution in [1.82, 2.24) is 0 Å². The predicted molar refractivity (Wildman–Crippen MR) is 64.3 cm³/mol. The number of amides is 1. The van der Waals surface area contributed by atoms with E-state index in [1.165, 1.54) is 5.06 Å². The van der Waals surface area contributed by atoms with E-state index in [0.717, 1.165) is 5.69 Å². The highest BCUT2D eigenvalue weighted by atomic mass is 16.8. The molecule has 1 amide bonds. The predicted octanol–water partition coefficient (Wildman–Crippen LogP) is 2.50. The van der Waals surface area contributed by atoms with Crippen LogP contribution in [-0.4, -0.2) is 17.8 Å². The minimum atomic E-state index is -0.860. The van der Waals surface area contributed by atoms with E-state index in [-0.39, 0.29) is 18.4 Å². The molecule has 0 aliphatic carbocycles. The molecule has 1 unspecified atom stereocenters. The Bertz CT molecular complexity index is 404. The van der Waals surface area contributed by atoms with Crippen LogP contribution >= 0.6 is 0 Å². The van der Waals surface area contributed by atoms with Gasteiger partial charge in [0.1, 0.15) is 0 Å². The van der Waals surface area contributed by atoms with Gasteiger partial charge in [-0.2, -0.15) is 5.06 Å². The van der Waals surface area contributed by atoms with Crippen molar-refractivity contribution in [3.8, 4) is 0 Å². The van der Waals surface area contributed by atoms with Crippen LogP contribution < -0.4 is 5.06 Å². The van der Waals surface area contributed by atoms with Crippen LogP contribution in [0.2, 0.25) is 0 Å². The Morgan fingerprint density at radius 2 is 2.00 bits per heavy atom. The number of rotatable bonds is 3. The van der Waals surface area contributed by atoms with Crippen molar-refractivity contribution in [3.63, 3.8) is 0 Å². The van der Waals surface area contributed by atoms with Gasteiger partial charge in [0, 0.05) is 0 Å². The summed E-state index contributed by atoms with van der Waals surface area (Å²) in [5.74, 6) is -0.944. The molecule has 0 aromatic heterocycles. The molecule has 2 rings (SSSR count). The van der Waals surface area contributed by atoms with Crippen LogP contribution in [-0.2, 0) is 14.4 Å². The summed E-state index contributed by atoms with van der Waals surface area (Å²) in [6.07, 6.45) is 0.253. The van der Waals surface area contributed by atoms with Crippen LogP contribution in [0.5, 0.6) is 0 Å². The highest BCUT2D eigenvalue weighted by molar-refractivity contribution is 5.93. The fraction of sp³-hybridized carbons (Fsp3) is 0.462. The van der Waals surface area contributed by atoms with Crippen LogP contribution in [0.4, 0.5) is 5.69 Å². The third-order valence-electron chi connectivity index (χ3n) is 2.46. The Morgan fingerprint density at radius 1 is 1.35 bits per heavy atom. The molecule has 17 heavy (non-hydrogen) atoms. The molecule has 1 fully saturated rings. The van der Waals surface area contributed by atoms with Crippen molar-refractivity contribution in [1.29, 1.82) is 0 Å². The summed E-state index contributed by atoms with van der Waals surface area (Å²) in [4.78, 5) is 17.5. The van der Waals surface area contributed by atoms with Gasteiger partial charge in [-0.25, -0.2) is 4.84 Å². The van der Waals surface area contributed by atoms with Crippen LogP contribution in [0, 0.1) is 0 Å². The SMILES string of the molecule is CC(C)OC1(C)CC(=O)N(c2ccccc2)O1. The van der Waals surface area contributed by atoms with Gasteiger partial charge in [-0.05, 0) is 32.9 Å². The highest BCUT2D eigenvalue weighted by Gasteiger charge is 2.43. The second kappa shape index (κ2) is 4.47. The number of benzene rings is 1. The minimum Gasteiger partial charge on any atom is -0.345 e. The normalized spacial score (nSPS) is 24.7. The quantitative estimate of drug-likeness (QED) is 0.808. The van der Waals surface area contributed by atoms with Gasteiger partial charge in [0.05, 0.1) is 18.2 Å². The average Bonchev–Trinajstić information content (AvgIpc) is 2.54. The molecule has 1 aromatic carbocycles. The van der Waals surface area contributed by atoms with Crippen molar-refractivity contribution in [2.24, 2.45) is 0 Å². The fourth-order valence-electron chi connectivity index (χ4n) is 1.94. The third-order valence-corrected chi connectivity index (χ3v) is 2.46. The van der Waals surface area contributed by atoms with Crippen molar-refractivity contribution in [2.75, 3.05) is 5.06 Å². The monoisotopic (exact) mass is 235 g/mol. The van der Waals surface area contributed by atoms with E-state index >= 15 is 0 Å². The van der Waals surface area contributed by atoms with E-state index in [9.17, 15) is 4.79 Å². The molecule has 0 spiro atoms. The Balaban J connectivity index is 2.15. The number of anilines is 1. The molecular formula is C13H17NO3. The highest BCUT2D eigenvalue weighted by Crippen LogP contribution is 2.32. The second-order valence-electron chi connectivity index (χ2n) is 4.59. The van der Waals surface area contributed by atoms with Crippen molar-refractivity contribution in [2.45, 2.75) is 39.1 Å². The Labute approximate surface area is 101 Å². The lowest BCUT2D eigenvalue weighted by Gasteiger charge is -2.26. The maximum absolute atomic E-state index is 11.9. The first kappa shape index (κ1) is 12.1. The smallest absolute Gasteiger partial charge is 0.256 e. The lowest BCUT2D eigenvalue weighted by molar-refractivity contribution is -0.221. The number of carbonyl (C=O) groups excluding carboxylic acids is 1. The molecule has 1 aliphatic heterocycles. The molecule has 4 heteroatoms. The Hall–Kier alpha value is -1.39. The maximum atomic E-state index is 11.9. The van der Waals surface area contributed by atoms with Gasteiger partial charge in [0.2, 0.25) is 5.79 Å². The van der Waals surface area contributed by atoms with Gasteiger partial charge in [-0.1, -0.05) is 18.2 Å². The number of carbonyl (C=O) groups is 1. The van der Waals surface area contributed by atoms with Gasteiger partial charge < -0.3 is 4.74 Å². The fourth-order valence-corrected chi connectivity index (χ4v) is 1.94. The molecule has 1 saturated heterocycles. The summed E-state index contributed by atoms with van der Waals surface area (Å²) >= 11 is 0. The van der Waals surface area contributed by atoms with Crippen molar-refractivity contribution < 1.29 is 14.4 Å². The van der Waals surface area contributed by atoms with Crippen molar-refractivity contribution >= 4 is 11.6 Å². The zero-order valence-corrected chi connectivity index (χ0v) is 10.3. The van der Waals surface area contributed by atoms with Crippen molar-refractivity contribution in [3.05, 3.63) is 30.3 Å². The summed E-state index contributed by atoms with van der Waals surface area (Å²) in [5.41, 5.74) is 0.730. The summed E-state index contributed by atoms with van der Waals surface area (Å²) < 4.78 is 5.64. The van der Waals surface area contributed by atoms with Crippen LogP contribution in [0.25, 0.3) is 0 Å². The van der Waals surface area contributed by atoms with Crippen LogP contribution in [0.3, 0.4) is 0 Å². The summed E-state index contributed by atoms with van der Waals surface area (Å²) in [6, 6.07) is 9.29. The van der Waals surface area contributed by atoms with Gasteiger partial charge in [0.25, 0.3) is 5.91 Å². The molecule has 92 valence electrons. The van der Waals surface area contributed by atoms with Gasteiger partial charge in [0.15, 0.2) is 0 Å². The molecule has 1 atom stereocenters. The van der Waals surface area contributed by atoms with Gasteiger partial charge in [-0.3, -0.25) is 4.79 Å². The first-order valence-electron chi connectivity index (χ1n) is 5.75. The molecule has 4 nitrogen and oxygen atoms in total. The maximum Gasteiger partial charge on any atom is 0.256 e. The number of ether oxygens (including phenoxy) is 1. The number of hydrogen-bond donors (Lipinski definition) is 0. The summed E-state index contributed by atoms with van der Waals surface area (Å²) in [6.45, 7) is 5.63. The van der Waals surface area contributed by atoms with E-state index in [4.69, 9.17) is 9.57 Å². The standard InChI is InChI=1S/C13H17NO3/c1-10(2)16-13(3)9-12(15)14(17-13)11-7-5-4-6-8-11/h4-8,10H,9H2,1-3H3. The largest absolute Gasteiger partial charge is 0.345 e. The number of para-hydroxylation sites is 1. The van der Waals surface area contributed by atoms with E-state index < -0.39 is 5.79 Å². The third kappa shape index (κ3) is 2.65. The lowest BCUT2D eigenvalue weighted by Crippen LogP contribution is -2.33. The molecular weight excluding hydrogens is 218 g/mol. The molecule has 1 aliphatic rings. The average molecular weight is 235 g/mol. The first-order chi connectivity index (χ1) is 8.00. The van der Waals surface area contributed by atoms with E-state index in [1.807, 2.05) is 44.2 Å². The molecule has 0 N–H and O–H groups in total. The molecule has 0 radical (unpaired) electrons.